The molecule has 5 nitrogen and oxygen atoms in total. The van der Waals surface area contributed by atoms with Gasteiger partial charge >= 0.3 is 5.97 Å². The summed E-state index contributed by atoms with van der Waals surface area (Å²) < 4.78 is 0. The van der Waals surface area contributed by atoms with Crippen LogP contribution in [-0.2, 0) is 0 Å². The average Bonchev–Trinajstić information content (AvgIpc) is 2.51. The number of carboxylic acids is 1. The summed E-state index contributed by atoms with van der Waals surface area (Å²) in [6.45, 7) is 7.90. The summed E-state index contributed by atoms with van der Waals surface area (Å²) in [6, 6.07) is 9.29. The van der Waals surface area contributed by atoms with E-state index in [4.69, 9.17) is 5.11 Å². The summed E-state index contributed by atoms with van der Waals surface area (Å²) in [5, 5.41) is 14.3. The van der Waals surface area contributed by atoms with Crippen LogP contribution in [0.1, 0.15) is 24.3 Å². The van der Waals surface area contributed by atoms with Crippen molar-refractivity contribution < 1.29 is 9.90 Å². The Morgan fingerprint density at radius 3 is 2.67 bits per heavy atom. The van der Waals surface area contributed by atoms with E-state index in [0.717, 1.165) is 37.0 Å². The first-order valence-corrected chi connectivity index (χ1v) is 7.25. The molecule has 0 unspecified atom stereocenters. The van der Waals surface area contributed by atoms with Crippen molar-refractivity contribution in [3.05, 3.63) is 36.0 Å². The van der Waals surface area contributed by atoms with Gasteiger partial charge < -0.3 is 15.3 Å². The van der Waals surface area contributed by atoms with Crippen molar-refractivity contribution >= 4 is 22.6 Å². The molecule has 0 amide bonds. The lowest BCUT2D eigenvalue weighted by Gasteiger charge is -2.18. The summed E-state index contributed by atoms with van der Waals surface area (Å²) in [6.07, 6.45) is 0. The Labute approximate surface area is 124 Å². The van der Waals surface area contributed by atoms with Gasteiger partial charge in [-0.25, -0.2) is 9.78 Å². The molecule has 1 aromatic heterocycles. The number of likely N-dealkylation sites (N-methyl/N-ethyl adjacent to an activating group) is 1. The molecule has 0 bridgehead atoms. The van der Waals surface area contributed by atoms with Crippen LogP contribution in [0.5, 0.6) is 0 Å². The zero-order chi connectivity index (χ0) is 15.2. The van der Waals surface area contributed by atoms with Gasteiger partial charge in [-0.3, -0.25) is 0 Å². The van der Waals surface area contributed by atoms with Crippen molar-refractivity contribution in [3.63, 3.8) is 0 Å². The van der Waals surface area contributed by atoms with E-state index in [0.29, 0.717) is 5.82 Å². The molecule has 0 aliphatic carbocycles. The Bertz CT molecular complexity index is 624. The van der Waals surface area contributed by atoms with Gasteiger partial charge in [-0.15, -0.1) is 0 Å². The van der Waals surface area contributed by atoms with Gasteiger partial charge in [0.2, 0.25) is 0 Å². The number of aromatic carboxylic acids is 1. The van der Waals surface area contributed by atoms with Crippen molar-refractivity contribution in [2.75, 3.05) is 31.5 Å². The van der Waals surface area contributed by atoms with Gasteiger partial charge in [0.1, 0.15) is 5.82 Å². The number of aromatic nitrogens is 1. The highest BCUT2D eigenvalue weighted by atomic mass is 16.4. The Morgan fingerprint density at radius 2 is 2.00 bits per heavy atom. The normalized spacial score (nSPS) is 11.0. The maximum absolute atomic E-state index is 11.2. The number of rotatable bonds is 7. The highest BCUT2D eigenvalue weighted by Crippen LogP contribution is 2.22. The van der Waals surface area contributed by atoms with Gasteiger partial charge in [0.05, 0.1) is 0 Å². The maximum Gasteiger partial charge on any atom is 0.354 e. The Hall–Kier alpha value is -2.14. The molecule has 2 N–H and O–H groups in total. The van der Waals surface area contributed by atoms with Crippen LogP contribution in [0.4, 0.5) is 5.82 Å². The van der Waals surface area contributed by atoms with E-state index in [1.165, 1.54) is 0 Å². The van der Waals surface area contributed by atoms with Crippen LogP contribution < -0.4 is 5.32 Å². The molecule has 112 valence electrons. The molecule has 2 rings (SSSR count). The van der Waals surface area contributed by atoms with E-state index < -0.39 is 5.97 Å². The molecular weight excluding hydrogens is 266 g/mol. The van der Waals surface area contributed by atoms with Crippen molar-refractivity contribution in [2.45, 2.75) is 13.8 Å². The fourth-order valence-electron chi connectivity index (χ4n) is 2.32. The topological polar surface area (TPSA) is 65.5 Å². The Balaban J connectivity index is 2.23. The zero-order valence-corrected chi connectivity index (χ0v) is 12.5. The second kappa shape index (κ2) is 7.04. The molecule has 1 heterocycles. The van der Waals surface area contributed by atoms with Crippen LogP contribution in [0.2, 0.25) is 0 Å². The van der Waals surface area contributed by atoms with Crippen molar-refractivity contribution in [2.24, 2.45) is 0 Å². The molecule has 5 heteroatoms. The molecule has 0 aliphatic heterocycles. The summed E-state index contributed by atoms with van der Waals surface area (Å²) >= 11 is 0. The van der Waals surface area contributed by atoms with Crippen LogP contribution in [0.3, 0.4) is 0 Å². The number of hydrogen-bond acceptors (Lipinski definition) is 4. The van der Waals surface area contributed by atoms with Crippen LogP contribution in [0, 0.1) is 0 Å². The molecule has 0 aliphatic rings. The van der Waals surface area contributed by atoms with Crippen molar-refractivity contribution in [1.82, 2.24) is 9.88 Å². The summed E-state index contributed by atoms with van der Waals surface area (Å²) in [5.41, 5.74) is 0.0686. The van der Waals surface area contributed by atoms with Gasteiger partial charge in [-0.2, -0.15) is 0 Å². The molecular formula is C16H21N3O2. The Morgan fingerprint density at radius 1 is 1.29 bits per heavy atom. The largest absolute Gasteiger partial charge is 0.477 e. The average molecular weight is 287 g/mol. The highest BCUT2D eigenvalue weighted by molar-refractivity contribution is 5.97. The predicted octanol–water partition coefficient (Wildman–Crippen LogP) is 2.69. The number of pyridine rings is 1. The highest BCUT2D eigenvalue weighted by Gasteiger charge is 2.10. The van der Waals surface area contributed by atoms with E-state index in [9.17, 15) is 4.79 Å². The van der Waals surface area contributed by atoms with E-state index in [2.05, 4.69) is 29.0 Å². The lowest BCUT2D eigenvalue weighted by atomic mass is 10.1. The number of carboxylic acid groups (broad SMARTS) is 1. The van der Waals surface area contributed by atoms with Crippen LogP contribution in [0.15, 0.2) is 30.3 Å². The first-order valence-electron chi connectivity index (χ1n) is 7.25. The quantitative estimate of drug-likeness (QED) is 0.819. The van der Waals surface area contributed by atoms with Crippen molar-refractivity contribution in [1.29, 1.82) is 0 Å². The lowest BCUT2D eigenvalue weighted by molar-refractivity contribution is 0.0691. The van der Waals surface area contributed by atoms with E-state index >= 15 is 0 Å². The van der Waals surface area contributed by atoms with Gasteiger partial charge in [0.25, 0.3) is 0 Å². The molecule has 1 aromatic carbocycles. The second-order valence-corrected chi connectivity index (χ2v) is 4.84. The summed E-state index contributed by atoms with van der Waals surface area (Å²) in [4.78, 5) is 17.7. The zero-order valence-electron chi connectivity index (χ0n) is 12.5. The number of nitrogens with one attached hydrogen (secondary N) is 1. The molecule has 2 aromatic rings. The number of hydrogen-bond donors (Lipinski definition) is 2. The van der Waals surface area contributed by atoms with E-state index in [1.807, 2.05) is 24.3 Å². The number of nitrogens with zero attached hydrogens (tertiary/aromatic N) is 2. The van der Waals surface area contributed by atoms with Gasteiger partial charge in [0, 0.05) is 18.5 Å². The predicted molar refractivity (Wildman–Crippen MR) is 85.0 cm³/mol. The first-order chi connectivity index (χ1) is 10.2. The van der Waals surface area contributed by atoms with Gasteiger partial charge in [-0.1, -0.05) is 38.1 Å². The molecule has 0 saturated carbocycles. The third-order valence-electron chi connectivity index (χ3n) is 3.57. The number of anilines is 1. The fourth-order valence-corrected chi connectivity index (χ4v) is 2.32. The molecule has 21 heavy (non-hydrogen) atoms. The van der Waals surface area contributed by atoms with Crippen molar-refractivity contribution in [3.8, 4) is 0 Å². The molecule has 0 radical (unpaired) electrons. The third kappa shape index (κ3) is 3.70. The van der Waals surface area contributed by atoms with E-state index in [-0.39, 0.29) is 5.69 Å². The summed E-state index contributed by atoms with van der Waals surface area (Å²) in [7, 11) is 0. The second-order valence-electron chi connectivity index (χ2n) is 4.84. The summed E-state index contributed by atoms with van der Waals surface area (Å²) in [5.74, 6) is -0.370. The van der Waals surface area contributed by atoms with Crippen LogP contribution >= 0.6 is 0 Å². The van der Waals surface area contributed by atoms with Crippen LogP contribution in [0.25, 0.3) is 10.8 Å². The van der Waals surface area contributed by atoms with Gasteiger partial charge in [0.15, 0.2) is 5.69 Å². The third-order valence-corrected chi connectivity index (χ3v) is 3.57. The minimum absolute atomic E-state index is 0.0686. The number of fused-ring (bicyclic) bond motifs is 1. The lowest BCUT2D eigenvalue weighted by Crippen LogP contribution is -2.28. The molecule has 0 fully saturated rings. The SMILES string of the molecule is CCN(CC)CCNc1nc(C(=O)O)cc2ccccc12. The minimum atomic E-state index is -1.01. The molecule has 0 atom stereocenters. The molecule has 0 spiro atoms. The number of carbonyl (C=O) groups is 1. The first kappa shape index (κ1) is 15.3. The Kier molecular flexibility index (Phi) is 5.11. The smallest absolute Gasteiger partial charge is 0.354 e. The standard InChI is InChI=1S/C16H21N3O2/c1-3-19(4-2)10-9-17-15-13-8-6-5-7-12(13)11-14(18-15)16(20)21/h5-8,11H,3-4,9-10H2,1-2H3,(H,17,18)(H,20,21). The monoisotopic (exact) mass is 287 g/mol. The number of benzene rings is 1. The molecule has 0 saturated heterocycles. The van der Waals surface area contributed by atoms with Crippen LogP contribution in [-0.4, -0.2) is 47.1 Å². The maximum atomic E-state index is 11.2. The van der Waals surface area contributed by atoms with Gasteiger partial charge in [-0.05, 0) is 24.5 Å². The van der Waals surface area contributed by atoms with E-state index in [1.54, 1.807) is 6.07 Å². The minimum Gasteiger partial charge on any atom is -0.477 e. The fraction of sp³-hybridized carbons (Fsp3) is 0.375.